The summed E-state index contributed by atoms with van der Waals surface area (Å²) >= 11 is 5.69. The van der Waals surface area contributed by atoms with E-state index in [4.69, 9.17) is 16.3 Å². The van der Waals surface area contributed by atoms with Gasteiger partial charge in [0.25, 0.3) is 0 Å². The summed E-state index contributed by atoms with van der Waals surface area (Å²) in [6.45, 7) is 5.84. The fourth-order valence-electron chi connectivity index (χ4n) is 2.04. The van der Waals surface area contributed by atoms with Crippen molar-refractivity contribution in [3.63, 3.8) is 0 Å². The van der Waals surface area contributed by atoms with Crippen molar-refractivity contribution in [3.8, 4) is 0 Å². The Balaban J connectivity index is 2.00. The molecule has 0 aliphatic carbocycles. The fraction of sp³-hybridized carbons (Fsp3) is 0.636. The largest absolute Gasteiger partial charge is 0.379 e. The van der Waals surface area contributed by atoms with E-state index < -0.39 is 4.92 Å². The van der Waals surface area contributed by atoms with E-state index in [1.807, 2.05) is 6.92 Å². The number of morpholine rings is 1. The van der Waals surface area contributed by atoms with E-state index in [-0.39, 0.29) is 22.8 Å². The average Bonchev–Trinajstić information content (AvgIpc) is 2.39. The molecule has 8 nitrogen and oxygen atoms in total. The van der Waals surface area contributed by atoms with E-state index in [0.29, 0.717) is 13.2 Å². The maximum Gasteiger partial charge on any atom is 0.329 e. The smallest absolute Gasteiger partial charge is 0.329 e. The Bertz CT molecular complexity index is 481. The molecule has 20 heavy (non-hydrogen) atoms. The second kappa shape index (κ2) is 6.78. The van der Waals surface area contributed by atoms with Gasteiger partial charge in [0, 0.05) is 25.7 Å². The quantitative estimate of drug-likeness (QED) is 0.495. The van der Waals surface area contributed by atoms with Gasteiger partial charge in [-0.25, -0.2) is 4.98 Å². The Kier molecular flexibility index (Phi) is 5.05. The molecule has 1 aliphatic heterocycles. The maximum atomic E-state index is 10.9. The van der Waals surface area contributed by atoms with Gasteiger partial charge in [-0.2, -0.15) is 4.98 Å². The highest BCUT2D eigenvalue weighted by atomic mass is 35.5. The van der Waals surface area contributed by atoms with Crippen LogP contribution in [0.25, 0.3) is 0 Å². The van der Waals surface area contributed by atoms with Crippen LogP contribution in [-0.2, 0) is 4.74 Å². The van der Waals surface area contributed by atoms with E-state index in [0.717, 1.165) is 25.8 Å². The normalized spacial score (nSPS) is 17.7. The highest BCUT2D eigenvalue weighted by Gasteiger charge is 2.20. The minimum atomic E-state index is -0.528. The molecule has 0 aromatic carbocycles. The second-order valence-corrected chi connectivity index (χ2v) is 4.93. The van der Waals surface area contributed by atoms with Crippen molar-refractivity contribution in [3.05, 3.63) is 21.6 Å². The SMILES string of the molecule is CC(CN1CCOCC1)Nc1nc(Cl)ncc1[N+](=O)[O-]. The lowest BCUT2D eigenvalue weighted by molar-refractivity contribution is -0.384. The van der Waals surface area contributed by atoms with Crippen molar-refractivity contribution < 1.29 is 9.66 Å². The number of nitrogens with one attached hydrogen (secondary N) is 1. The minimum Gasteiger partial charge on any atom is -0.379 e. The first kappa shape index (κ1) is 14.9. The number of nitrogens with zero attached hydrogens (tertiary/aromatic N) is 4. The minimum absolute atomic E-state index is 0.00207. The van der Waals surface area contributed by atoms with Crippen LogP contribution in [0.15, 0.2) is 6.20 Å². The molecular formula is C11H16ClN5O3. The number of halogens is 1. The van der Waals surface area contributed by atoms with Gasteiger partial charge >= 0.3 is 5.69 Å². The highest BCUT2D eigenvalue weighted by molar-refractivity contribution is 6.28. The molecule has 0 radical (unpaired) electrons. The van der Waals surface area contributed by atoms with Gasteiger partial charge < -0.3 is 10.1 Å². The van der Waals surface area contributed by atoms with Gasteiger partial charge in [0.1, 0.15) is 6.20 Å². The molecule has 1 aromatic rings. The lowest BCUT2D eigenvalue weighted by Gasteiger charge is -2.29. The first-order chi connectivity index (χ1) is 9.56. The van der Waals surface area contributed by atoms with Crippen LogP contribution in [0.3, 0.4) is 0 Å². The van der Waals surface area contributed by atoms with Gasteiger partial charge in [-0.3, -0.25) is 15.0 Å². The van der Waals surface area contributed by atoms with E-state index in [9.17, 15) is 10.1 Å². The topological polar surface area (TPSA) is 93.4 Å². The standard InChI is InChI=1S/C11H16ClN5O3/c1-8(7-16-2-4-20-5-3-16)14-10-9(17(18)19)6-13-11(12)15-10/h6,8H,2-5,7H2,1H3,(H,13,14,15). The zero-order valence-electron chi connectivity index (χ0n) is 11.1. The Hall–Kier alpha value is -1.51. The predicted molar refractivity (Wildman–Crippen MR) is 74.0 cm³/mol. The van der Waals surface area contributed by atoms with Crippen LogP contribution in [-0.4, -0.2) is 58.7 Å². The first-order valence-electron chi connectivity index (χ1n) is 6.30. The Morgan fingerprint density at radius 3 is 2.95 bits per heavy atom. The van der Waals surface area contributed by atoms with Crippen LogP contribution in [0.4, 0.5) is 11.5 Å². The third-order valence-electron chi connectivity index (χ3n) is 2.96. The van der Waals surface area contributed by atoms with Gasteiger partial charge in [-0.15, -0.1) is 0 Å². The van der Waals surface area contributed by atoms with Crippen LogP contribution in [0.2, 0.25) is 5.28 Å². The molecule has 110 valence electrons. The van der Waals surface area contributed by atoms with E-state index in [2.05, 4.69) is 20.2 Å². The zero-order valence-corrected chi connectivity index (χ0v) is 11.8. The highest BCUT2D eigenvalue weighted by Crippen LogP contribution is 2.22. The van der Waals surface area contributed by atoms with Gasteiger partial charge in [0.05, 0.1) is 18.1 Å². The van der Waals surface area contributed by atoms with Crippen LogP contribution in [0, 0.1) is 10.1 Å². The molecule has 0 bridgehead atoms. The van der Waals surface area contributed by atoms with Crippen molar-refractivity contribution in [2.75, 3.05) is 38.2 Å². The molecule has 1 atom stereocenters. The molecule has 1 N–H and O–H groups in total. The molecule has 1 unspecified atom stereocenters. The second-order valence-electron chi connectivity index (χ2n) is 4.59. The van der Waals surface area contributed by atoms with Crippen molar-refractivity contribution in [1.82, 2.24) is 14.9 Å². The number of ether oxygens (including phenoxy) is 1. The number of anilines is 1. The molecule has 9 heteroatoms. The molecule has 1 aliphatic rings. The molecule has 2 rings (SSSR count). The van der Waals surface area contributed by atoms with Gasteiger partial charge in [-0.1, -0.05) is 0 Å². The van der Waals surface area contributed by atoms with Crippen molar-refractivity contribution >= 4 is 23.1 Å². The molecular weight excluding hydrogens is 286 g/mol. The number of rotatable bonds is 5. The molecule has 0 amide bonds. The van der Waals surface area contributed by atoms with Crippen molar-refractivity contribution in [2.24, 2.45) is 0 Å². The average molecular weight is 302 g/mol. The Morgan fingerprint density at radius 2 is 2.30 bits per heavy atom. The summed E-state index contributed by atoms with van der Waals surface area (Å²) < 4.78 is 5.28. The van der Waals surface area contributed by atoms with Crippen LogP contribution >= 0.6 is 11.6 Å². The summed E-state index contributed by atoms with van der Waals surface area (Å²) in [5, 5.41) is 13.9. The third kappa shape index (κ3) is 3.99. The third-order valence-corrected chi connectivity index (χ3v) is 3.14. The molecule has 1 aromatic heterocycles. The summed E-state index contributed by atoms with van der Waals surface area (Å²) in [5.74, 6) is 0.149. The lowest BCUT2D eigenvalue weighted by Crippen LogP contribution is -2.42. The number of hydrogen-bond acceptors (Lipinski definition) is 7. The maximum absolute atomic E-state index is 10.9. The van der Waals surface area contributed by atoms with Gasteiger partial charge in [0.15, 0.2) is 0 Å². The number of hydrogen-bond donors (Lipinski definition) is 1. The van der Waals surface area contributed by atoms with Crippen LogP contribution in [0.5, 0.6) is 0 Å². The summed E-state index contributed by atoms with van der Waals surface area (Å²) in [7, 11) is 0. The number of aromatic nitrogens is 2. The Labute approximate surface area is 121 Å². The zero-order chi connectivity index (χ0) is 14.5. The van der Waals surface area contributed by atoms with Crippen molar-refractivity contribution in [2.45, 2.75) is 13.0 Å². The molecule has 0 spiro atoms. The van der Waals surface area contributed by atoms with E-state index >= 15 is 0 Å². The van der Waals surface area contributed by atoms with E-state index in [1.165, 1.54) is 0 Å². The monoisotopic (exact) mass is 301 g/mol. The fourth-order valence-corrected chi connectivity index (χ4v) is 2.18. The van der Waals surface area contributed by atoms with E-state index in [1.54, 1.807) is 0 Å². The summed E-state index contributed by atoms with van der Waals surface area (Å²) in [4.78, 5) is 20.1. The molecule has 0 saturated carbocycles. The van der Waals surface area contributed by atoms with Gasteiger partial charge in [0.2, 0.25) is 11.1 Å². The lowest BCUT2D eigenvalue weighted by atomic mass is 10.3. The molecule has 1 saturated heterocycles. The first-order valence-corrected chi connectivity index (χ1v) is 6.67. The number of nitro groups is 1. The molecule has 1 fully saturated rings. The summed E-state index contributed by atoms with van der Waals surface area (Å²) in [5.41, 5.74) is -0.178. The molecule has 2 heterocycles. The van der Waals surface area contributed by atoms with Crippen molar-refractivity contribution in [1.29, 1.82) is 0 Å². The predicted octanol–water partition coefficient (Wildman–Crippen LogP) is 1.17. The summed E-state index contributed by atoms with van der Waals surface area (Å²) in [6, 6.07) is -0.00207. The Morgan fingerprint density at radius 1 is 1.60 bits per heavy atom. The van der Waals surface area contributed by atoms with Crippen LogP contribution in [0.1, 0.15) is 6.92 Å². The van der Waals surface area contributed by atoms with Gasteiger partial charge in [-0.05, 0) is 18.5 Å². The van der Waals surface area contributed by atoms with Crippen LogP contribution < -0.4 is 5.32 Å². The summed E-state index contributed by atoms with van der Waals surface area (Å²) in [6.07, 6.45) is 1.11.